The molecule has 1 fully saturated rings. The molecule has 0 bridgehead atoms. The zero-order chi connectivity index (χ0) is 19.5. The van der Waals surface area contributed by atoms with Gasteiger partial charge in [-0.05, 0) is 49.6 Å². The van der Waals surface area contributed by atoms with Crippen LogP contribution in [0.4, 0.5) is 10.5 Å². The standard InChI is InChI=1S/C21H23N3O4/c1-14-4-7-16(8-5-14)23-21(26)24-10-2-3-17(24)20(25)22-12-15-6-9-18-19(11-15)28-13-27-18/h4-9,11,17H,2-3,10,12-13H2,1H3,(H,22,25)(H,23,26)/t17-/m0/s1. The van der Waals surface area contributed by atoms with E-state index in [0.717, 1.165) is 23.2 Å². The molecule has 7 nitrogen and oxygen atoms in total. The van der Waals surface area contributed by atoms with E-state index in [1.807, 2.05) is 49.4 Å². The summed E-state index contributed by atoms with van der Waals surface area (Å²) in [6, 6.07) is 12.5. The second-order valence-electron chi connectivity index (χ2n) is 7.05. The van der Waals surface area contributed by atoms with E-state index in [-0.39, 0.29) is 18.7 Å². The molecule has 0 aliphatic carbocycles. The van der Waals surface area contributed by atoms with Crippen LogP contribution in [0.2, 0.25) is 0 Å². The molecule has 1 atom stereocenters. The quantitative estimate of drug-likeness (QED) is 0.853. The molecule has 2 heterocycles. The second kappa shape index (κ2) is 7.80. The first-order valence-corrected chi connectivity index (χ1v) is 9.41. The number of anilines is 1. The van der Waals surface area contributed by atoms with Crippen LogP contribution < -0.4 is 20.1 Å². The van der Waals surface area contributed by atoms with Gasteiger partial charge in [-0.3, -0.25) is 4.79 Å². The molecule has 146 valence electrons. The van der Waals surface area contributed by atoms with Gasteiger partial charge in [0.05, 0.1) is 0 Å². The first-order chi connectivity index (χ1) is 13.6. The number of carbonyl (C=O) groups excluding carboxylic acids is 2. The molecular weight excluding hydrogens is 358 g/mol. The third kappa shape index (κ3) is 3.88. The Bertz CT molecular complexity index is 882. The highest BCUT2D eigenvalue weighted by Gasteiger charge is 2.34. The molecule has 2 aromatic carbocycles. The van der Waals surface area contributed by atoms with E-state index in [9.17, 15) is 9.59 Å². The molecule has 2 N–H and O–H groups in total. The van der Waals surface area contributed by atoms with Crippen LogP contribution in [0.3, 0.4) is 0 Å². The van der Waals surface area contributed by atoms with Gasteiger partial charge in [-0.25, -0.2) is 4.79 Å². The van der Waals surface area contributed by atoms with Gasteiger partial charge in [0.2, 0.25) is 12.7 Å². The number of fused-ring (bicyclic) bond motifs is 1. The van der Waals surface area contributed by atoms with Crippen molar-refractivity contribution in [2.75, 3.05) is 18.7 Å². The SMILES string of the molecule is Cc1ccc(NC(=O)N2CCC[C@H]2C(=O)NCc2ccc3c(c2)OCO3)cc1. The molecule has 7 heteroatoms. The van der Waals surface area contributed by atoms with Crippen LogP contribution in [0.25, 0.3) is 0 Å². The van der Waals surface area contributed by atoms with Crippen molar-refractivity contribution >= 4 is 17.6 Å². The maximum absolute atomic E-state index is 12.7. The minimum atomic E-state index is -0.459. The van der Waals surface area contributed by atoms with Crippen molar-refractivity contribution in [3.63, 3.8) is 0 Å². The lowest BCUT2D eigenvalue weighted by Crippen LogP contribution is -2.47. The Balaban J connectivity index is 1.35. The fourth-order valence-corrected chi connectivity index (χ4v) is 3.47. The summed E-state index contributed by atoms with van der Waals surface area (Å²) in [6.45, 7) is 3.16. The highest BCUT2D eigenvalue weighted by atomic mass is 16.7. The summed E-state index contributed by atoms with van der Waals surface area (Å²) in [4.78, 5) is 26.9. The molecule has 2 aliphatic rings. The number of hydrogen-bond donors (Lipinski definition) is 2. The second-order valence-corrected chi connectivity index (χ2v) is 7.05. The molecule has 0 aromatic heterocycles. The average Bonchev–Trinajstić information content (AvgIpc) is 3.36. The van der Waals surface area contributed by atoms with E-state index in [2.05, 4.69) is 10.6 Å². The summed E-state index contributed by atoms with van der Waals surface area (Å²) in [7, 11) is 0. The zero-order valence-corrected chi connectivity index (χ0v) is 15.7. The predicted molar refractivity (Wildman–Crippen MR) is 104 cm³/mol. The van der Waals surface area contributed by atoms with Crippen LogP contribution in [0.5, 0.6) is 11.5 Å². The van der Waals surface area contributed by atoms with Crippen molar-refractivity contribution in [2.45, 2.75) is 32.4 Å². The Hall–Kier alpha value is -3.22. The molecular formula is C21H23N3O4. The van der Waals surface area contributed by atoms with Gasteiger partial charge >= 0.3 is 6.03 Å². The number of urea groups is 1. The molecule has 0 spiro atoms. The van der Waals surface area contributed by atoms with Gasteiger partial charge in [0.25, 0.3) is 0 Å². The summed E-state index contributed by atoms with van der Waals surface area (Å²) < 4.78 is 10.7. The van der Waals surface area contributed by atoms with Gasteiger partial charge in [0.1, 0.15) is 6.04 Å². The molecule has 4 rings (SSSR count). The number of nitrogens with zero attached hydrogens (tertiary/aromatic N) is 1. The largest absolute Gasteiger partial charge is 0.454 e. The van der Waals surface area contributed by atoms with Crippen LogP contribution in [0, 0.1) is 6.92 Å². The molecule has 2 aromatic rings. The highest BCUT2D eigenvalue weighted by molar-refractivity contribution is 5.94. The highest BCUT2D eigenvalue weighted by Crippen LogP contribution is 2.32. The first-order valence-electron chi connectivity index (χ1n) is 9.41. The fraction of sp³-hybridized carbons (Fsp3) is 0.333. The fourth-order valence-electron chi connectivity index (χ4n) is 3.47. The van der Waals surface area contributed by atoms with E-state index >= 15 is 0 Å². The third-order valence-corrected chi connectivity index (χ3v) is 5.02. The Kier molecular flexibility index (Phi) is 5.06. The molecule has 28 heavy (non-hydrogen) atoms. The monoisotopic (exact) mass is 381 g/mol. The molecule has 1 saturated heterocycles. The Labute approximate surface area is 163 Å². The van der Waals surface area contributed by atoms with Crippen molar-refractivity contribution in [3.05, 3.63) is 53.6 Å². The number of hydrogen-bond acceptors (Lipinski definition) is 4. The molecule has 2 aliphatic heterocycles. The molecule has 0 unspecified atom stereocenters. The van der Waals surface area contributed by atoms with Gasteiger partial charge < -0.3 is 25.0 Å². The number of nitrogens with one attached hydrogen (secondary N) is 2. The Morgan fingerprint density at radius 2 is 1.89 bits per heavy atom. The van der Waals surface area contributed by atoms with Crippen molar-refractivity contribution in [1.82, 2.24) is 10.2 Å². The van der Waals surface area contributed by atoms with Gasteiger partial charge in [-0.15, -0.1) is 0 Å². The Morgan fingerprint density at radius 3 is 2.71 bits per heavy atom. The van der Waals surface area contributed by atoms with Gasteiger partial charge in [-0.2, -0.15) is 0 Å². The molecule has 0 saturated carbocycles. The van der Waals surface area contributed by atoms with Gasteiger partial charge in [-0.1, -0.05) is 23.8 Å². The molecule has 0 radical (unpaired) electrons. The first kappa shape index (κ1) is 18.2. The van der Waals surface area contributed by atoms with Crippen molar-refractivity contribution < 1.29 is 19.1 Å². The predicted octanol–water partition coefficient (Wildman–Crippen LogP) is 3.04. The lowest BCUT2D eigenvalue weighted by molar-refractivity contribution is -0.124. The van der Waals surface area contributed by atoms with Gasteiger partial charge in [0.15, 0.2) is 11.5 Å². The number of aryl methyl sites for hydroxylation is 1. The smallest absolute Gasteiger partial charge is 0.322 e. The number of benzene rings is 2. The summed E-state index contributed by atoms with van der Waals surface area (Å²) >= 11 is 0. The third-order valence-electron chi connectivity index (χ3n) is 5.02. The maximum Gasteiger partial charge on any atom is 0.322 e. The van der Waals surface area contributed by atoms with E-state index in [4.69, 9.17) is 9.47 Å². The van der Waals surface area contributed by atoms with E-state index in [1.54, 1.807) is 4.90 Å². The normalized spacial score (nSPS) is 17.5. The lowest BCUT2D eigenvalue weighted by Gasteiger charge is -2.24. The van der Waals surface area contributed by atoms with Crippen molar-refractivity contribution in [3.8, 4) is 11.5 Å². The van der Waals surface area contributed by atoms with Crippen LogP contribution >= 0.6 is 0 Å². The van der Waals surface area contributed by atoms with Crippen LogP contribution in [0.1, 0.15) is 24.0 Å². The number of likely N-dealkylation sites (tertiary alicyclic amines) is 1. The number of amides is 3. The topological polar surface area (TPSA) is 79.9 Å². The summed E-state index contributed by atoms with van der Waals surface area (Å²) in [5.41, 5.74) is 2.77. The Morgan fingerprint density at radius 1 is 1.11 bits per heavy atom. The van der Waals surface area contributed by atoms with Crippen molar-refractivity contribution in [1.29, 1.82) is 0 Å². The van der Waals surface area contributed by atoms with Crippen LogP contribution in [0.15, 0.2) is 42.5 Å². The van der Waals surface area contributed by atoms with E-state index < -0.39 is 6.04 Å². The minimum Gasteiger partial charge on any atom is -0.454 e. The summed E-state index contributed by atoms with van der Waals surface area (Å²) in [6.07, 6.45) is 1.47. The van der Waals surface area contributed by atoms with Crippen LogP contribution in [-0.2, 0) is 11.3 Å². The number of carbonyl (C=O) groups is 2. The zero-order valence-electron chi connectivity index (χ0n) is 15.7. The lowest BCUT2D eigenvalue weighted by atomic mass is 10.1. The van der Waals surface area contributed by atoms with Crippen molar-refractivity contribution in [2.24, 2.45) is 0 Å². The van der Waals surface area contributed by atoms with E-state index in [1.165, 1.54) is 0 Å². The number of rotatable bonds is 4. The van der Waals surface area contributed by atoms with Crippen LogP contribution in [-0.4, -0.2) is 36.2 Å². The number of ether oxygens (including phenoxy) is 2. The minimum absolute atomic E-state index is 0.144. The summed E-state index contributed by atoms with van der Waals surface area (Å²) in [5.74, 6) is 1.26. The maximum atomic E-state index is 12.7. The average molecular weight is 381 g/mol. The summed E-state index contributed by atoms with van der Waals surface area (Å²) in [5, 5.41) is 5.81. The molecule has 3 amide bonds. The van der Waals surface area contributed by atoms with Gasteiger partial charge in [0, 0.05) is 18.8 Å². The van der Waals surface area contributed by atoms with E-state index in [0.29, 0.717) is 31.0 Å².